The average Bonchev–Trinajstić information content (AvgIpc) is 3.21. The van der Waals surface area contributed by atoms with Gasteiger partial charge in [-0.3, -0.25) is 14.4 Å². The first kappa shape index (κ1) is 26.8. The van der Waals surface area contributed by atoms with E-state index < -0.39 is 47.9 Å². The van der Waals surface area contributed by atoms with E-state index in [1.807, 2.05) is 13.8 Å². The molecule has 4 unspecified atom stereocenters. The van der Waals surface area contributed by atoms with Crippen molar-refractivity contribution in [2.75, 3.05) is 11.5 Å². The number of nitrogens with two attached hydrogens (primary N) is 1. The van der Waals surface area contributed by atoms with Crippen molar-refractivity contribution < 1.29 is 24.3 Å². The summed E-state index contributed by atoms with van der Waals surface area (Å²) in [7, 11) is 0. The zero-order valence-corrected chi connectivity index (χ0v) is 19.2. The number of carbonyl (C=O) groups excluding carboxylic acids is 3. The third-order valence-corrected chi connectivity index (χ3v) is 5.02. The third kappa shape index (κ3) is 9.19. The minimum absolute atomic E-state index is 0.0846. The van der Waals surface area contributed by atoms with Crippen molar-refractivity contribution in [2.45, 2.75) is 50.9 Å². The van der Waals surface area contributed by atoms with Crippen LogP contribution in [-0.2, 0) is 25.6 Å². The molecule has 0 aliphatic heterocycles. The average molecular weight is 475 g/mol. The van der Waals surface area contributed by atoms with Crippen LogP contribution in [0.5, 0.6) is 0 Å². The van der Waals surface area contributed by atoms with Crippen molar-refractivity contribution in [3.05, 3.63) is 18.2 Å². The molecular weight excluding hydrogens is 444 g/mol. The Morgan fingerprint density at radius 1 is 1.03 bits per heavy atom. The molecule has 0 bridgehead atoms. The third-order valence-electron chi connectivity index (χ3n) is 4.29. The molecule has 3 amide bonds. The number of nitrogens with one attached hydrogen (secondary N) is 4. The Morgan fingerprint density at radius 3 is 2.06 bits per heavy atom. The molecule has 0 aliphatic carbocycles. The Balaban J connectivity index is 2.90. The van der Waals surface area contributed by atoms with Crippen molar-refractivity contribution in [3.8, 4) is 0 Å². The number of rotatable bonds is 13. The maximum Gasteiger partial charge on any atom is 0.327 e. The lowest BCUT2D eigenvalue weighted by molar-refractivity contribution is -0.141. The number of H-pyrrole nitrogens is 1. The summed E-state index contributed by atoms with van der Waals surface area (Å²) < 4.78 is 0. The van der Waals surface area contributed by atoms with E-state index in [1.165, 1.54) is 12.5 Å². The second-order valence-electron chi connectivity index (χ2n) is 7.40. The van der Waals surface area contributed by atoms with Crippen molar-refractivity contribution in [3.63, 3.8) is 0 Å². The van der Waals surface area contributed by atoms with Crippen LogP contribution in [-0.4, -0.2) is 74.4 Å². The molecule has 0 aliphatic rings. The van der Waals surface area contributed by atoms with Gasteiger partial charge in [-0.15, -0.1) is 0 Å². The molecule has 0 fully saturated rings. The summed E-state index contributed by atoms with van der Waals surface area (Å²) in [5, 5.41) is 16.5. The van der Waals surface area contributed by atoms with Crippen LogP contribution >= 0.6 is 25.3 Å². The number of aromatic amines is 1. The number of hydrogen-bond donors (Lipinski definition) is 8. The largest absolute Gasteiger partial charge is 0.480 e. The van der Waals surface area contributed by atoms with Gasteiger partial charge in [-0.05, 0) is 12.3 Å². The van der Waals surface area contributed by atoms with E-state index in [4.69, 9.17) is 10.8 Å². The lowest BCUT2D eigenvalue weighted by Gasteiger charge is -2.24. The molecule has 1 aromatic heterocycles. The van der Waals surface area contributed by atoms with Crippen LogP contribution in [0.2, 0.25) is 0 Å². The highest BCUT2D eigenvalue weighted by molar-refractivity contribution is 7.80. The van der Waals surface area contributed by atoms with Crippen molar-refractivity contribution in [1.29, 1.82) is 0 Å². The van der Waals surface area contributed by atoms with E-state index in [9.17, 15) is 19.2 Å². The Bertz CT molecular complexity index is 746. The maximum atomic E-state index is 12.9. The standard InChI is InChI=1S/C18H30N6O5S2/c1-9(2)3-11(19)15(25)22-12(4-10-5-20-8-21-10)16(26)23-13(6-30)17(27)24-14(7-31)18(28)29/h5,8-9,11-14,30-31H,3-4,6-7,19H2,1-2H3,(H,20,21)(H,22,25)(H,23,26)(H,24,27)(H,28,29). The van der Waals surface area contributed by atoms with Gasteiger partial charge in [0.05, 0.1) is 12.4 Å². The van der Waals surface area contributed by atoms with Gasteiger partial charge in [-0.1, -0.05) is 13.8 Å². The highest BCUT2D eigenvalue weighted by Crippen LogP contribution is 2.05. The summed E-state index contributed by atoms with van der Waals surface area (Å²) in [6, 6.07) is -4.18. The lowest BCUT2D eigenvalue weighted by atomic mass is 10.0. The molecule has 7 N–H and O–H groups in total. The monoisotopic (exact) mass is 474 g/mol. The smallest absolute Gasteiger partial charge is 0.327 e. The van der Waals surface area contributed by atoms with Gasteiger partial charge in [-0.25, -0.2) is 9.78 Å². The van der Waals surface area contributed by atoms with Crippen LogP contribution in [0.15, 0.2) is 12.5 Å². The number of imidazole rings is 1. The number of carboxylic acids is 1. The van der Waals surface area contributed by atoms with Crippen LogP contribution in [0.1, 0.15) is 26.0 Å². The van der Waals surface area contributed by atoms with Crippen LogP contribution < -0.4 is 21.7 Å². The number of hydrogen-bond acceptors (Lipinski definition) is 8. The first-order chi connectivity index (χ1) is 14.6. The highest BCUT2D eigenvalue weighted by Gasteiger charge is 2.30. The van der Waals surface area contributed by atoms with Crippen LogP contribution in [0, 0.1) is 5.92 Å². The van der Waals surface area contributed by atoms with Gasteiger partial charge >= 0.3 is 5.97 Å². The Labute approximate surface area is 191 Å². The summed E-state index contributed by atoms with van der Waals surface area (Å²) in [6.07, 6.45) is 3.46. The minimum atomic E-state index is -1.25. The van der Waals surface area contributed by atoms with E-state index in [2.05, 4.69) is 51.2 Å². The first-order valence-electron chi connectivity index (χ1n) is 9.67. The maximum absolute atomic E-state index is 12.9. The van der Waals surface area contributed by atoms with E-state index in [-0.39, 0.29) is 23.8 Å². The van der Waals surface area contributed by atoms with Gasteiger partial charge < -0.3 is 31.8 Å². The second kappa shape index (κ2) is 13.2. The molecule has 0 spiro atoms. The second-order valence-corrected chi connectivity index (χ2v) is 8.13. The number of carboxylic acid groups (broad SMARTS) is 1. The molecule has 1 heterocycles. The number of carbonyl (C=O) groups is 4. The number of thiol groups is 2. The summed E-state index contributed by atoms with van der Waals surface area (Å²) in [4.78, 5) is 55.6. The van der Waals surface area contributed by atoms with E-state index in [0.717, 1.165) is 0 Å². The Hall–Kier alpha value is -2.25. The van der Waals surface area contributed by atoms with Gasteiger partial charge in [0, 0.05) is 29.8 Å². The number of aliphatic carboxylic acids is 1. The summed E-state index contributed by atoms with van der Waals surface area (Å²) in [5.74, 6) is -3.15. The molecule has 0 saturated carbocycles. The summed E-state index contributed by atoms with van der Waals surface area (Å²) >= 11 is 7.95. The molecule has 0 aromatic carbocycles. The molecule has 31 heavy (non-hydrogen) atoms. The fourth-order valence-electron chi connectivity index (χ4n) is 2.64. The predicted octanol–water partition coefficient (Wildman–Crippen LogP) is -1.28. The summed E-state index contributed by atoms with van der Waals surface area (Å²) in [5.41, 5.74) is 6.50. The normalized spacial score (nSPS) is 14.9. The number of amides is 3. The predicted molar refractivity (Wildman–Crippen MR) is 121 cm³/mol. The van der Waals surface area contributed by atoms with Gasteiger partial charge in [0.1, 0.15) is 18.1 Å². The zero-order chi connectivity index (χ0) is 23.6. The van der Waals surface area contributed by atoms with Gasteiger partial charge in [0.15, 0.2) is 0 Å². The molecule has 11 nitrogen and oxygen atoms in total. The molecule has 13 heteroatoms. The minimum Gasteiger partial charge on any atom is -0.480 e. The van der Waals surface area contributed by atoms with E-state index in [0.29, 0.717) is 12.1 Å². The molecule has 0 radical (unpaired) electrons. The Morgan fingerprint density at radius 2 is 1.58 bits per heavy atom. The molecule has 0 saturated heterocycles. The van der Waals surface area contributed by atoms with Gasteiger partial charge in [0.25, 0.3) is 0 Å². The number of nitrogens with zero attached hydrogens (tertiary/aromatic N) is 1. The van der Waals surface area contributed by atoms with Crippen molar-refractivity contribution in [1.82, 2.24) is 25.9 Å². The van der Waals surface area contributed by atoms with Crippen molar-refractivity contribution >= 4 is 48.9 Å². The molecule has 1 rings (SSSR count). The molecular formula is C18H30N6O5S2. The summed E-state index contributed by atoms with van der Waals surface area (Å²) in [6.45, 7) is 3.85. The topological polar surface area (TPSA) is 179 Å². The van der Waals surface area contributed by atoms with Crippen molar-refractivity contribution in [2.24, 2.45) is 11.7 Å². The fraction of sp³-hybridized carbons (Fsp3) is 0.611. The van der Waals surface area contributed by atoms with Crippen LogP contribution in [0.25, 0.3) is 0 Å². The SMILES string of the molecule is CC(C)CC(N)C(=O)NC(Cc1cnc[nH]1)C(=O)NC(CS)C(=O)NC(CS)C(=O)O. The van der Waals surface area contributed by atoms with Crippen LogP contribution in [0.4, 0.5) is 0 Å². The number of aromatic nitrogens is 2. The van der Waals surface area contributed by atoms with E-state index in [1.54, 1.807) is 0 Å². The van der Waals surface area contributed by atoms with Gasteiger partial charge in [0.2, 0.25) is 17.7 Å². The fourth-order valence-corrected chi connectivity index (χ4v) is 3.15. The molecule has 174 valence electrons. The molecule has 4 atom stereocenters. The first-order valence-corrected chi connectivity index (χ1v) is 10.9. The Kier molecular flexibility index (Phi) is 11.4. The molecule has 1 aromatic rings. The quantitative estimate of drug-likeness (QED) is 0.164. The lowest BCUT2D eigenvalue weighted by Crippen LogP contribution is -2.58. The van der Waals surface area contributed by atoms with E-state index >= 15 is 0 Å². The highest BCUT2D eigenvalue weighted by atomic mass is 32.1. The zero-order valence-electron chi connectivity index (χ0n) is 17.4. The van der Waals surface area contributed by atoms with Gasteiger partial charge in [-0.2, -0.15) is 25.3 Å². The van der Waals surface area contributed by atoms with Crippen LogP contribution in [0.3, 0.4) is 0 Å².